The van der Waals surface area contributed by atoms with E-state index in [0.717, 1.165) is 5.82 Å². The first kappa shape index (κ1) is 18.2. The zero-order valence-electron chi connectivity index (χ0n) is 16.0. The van der Waals surface area contributed by atoms with Crippen molar-refractivity contribution >= 4 is 11.6 Å². The predicted octanol–water partition coefficient (Wildman–Crippen LogP) is 0.675. The molecule has 3 N–H and O–H groups in total. The molecule has 0 aromatic carbocycles. The van der Waals surface area contributed by atoms with Gasteiger partial charge in [0, 0.05) is 59.3 Å². The fourth-order valence-corrected chi connectivity index (χ4v) is 4.77. The number of aliphatic hydroxyl groups excluding tert-OH is 1. The normalized spacial score (nSPS) is 26.7. The number of rotatable bonds is 0. The maximum Gasteiger partial charge on any atom is 0.282 e. The number of anilines is 2. The van der Waals surface area contributed by atoms with E-state index in [9.17, 15) is 18.7 Å². The van der Waals surface area contributed by atoms with Gasteiger partial charge in [0.15, 0.2) is 0 Å². The lowest BCUT2D eigenvalue weighted by atomic mass is 9.86. The Morgan fingerprint density at radius 2 is 1.78 bits per heavy atom. The third-order valence-corrected chi connectivity index (χ3v) is 6.06. The lowest BCUT2D eigenvalue weighted by molar-refractivity contribution is -0.0168. The molecule has 0 saturated carbocycles. The van der Waals surface area contributed by atoms with Crippen LogP contribution in [-0.2, 0) is 13.0 Å². The van der Waals surface area contributed by atoms with Crippen molar-refractivity contribution in [2.45, 2.75) is 30.9 Å². The van der Waals surface area contributed by atoms with Crippen LogP contribution < -0.4 is 21.0 Å². The summed E-state index contributed by atoms with van der Waals surface area (Å²) in [5.41, 5.74) is 5.40. The molecule has 0 aliphatic carbocycles. The van der Waals surface area contributed by atoms with Crippen molar-refractivity contribution in [1.29, 1.82) is 0 Å². The number of pyridine rings is 1. The third-order valence-electron chi connectivity index (χ3n) is 6.06. The maximum atomic E-state index is 14.7. The number of aromatic nitrogens is 1. The molecule has 7 nitrogen and oxygen atoms in total. The molecule has 4 rings (SSSR count). The Kier molecular flexibility index (Phi) is 3.84. The number of nitrogens with two attached hydrogens (primary N) is 1. The SMILES string of the molecule is CN1CCC(N)C2=C1N(C)c1c(c(=O)c3c(n1C)N(C)CCC3(F)F)C2O. The summed E-state index contributed by atoms with van der Waals surface area (Å²) in [6, 6.07) is -0.425. The van der Waals surface area contributed by atoms with Gasteiger partial charge in [-0.05, 0) is 6.42 Å². The van der Waals surface area contributed by atoms with E-state index in [1.807, 2.05) is 11.9 Å². The third kappa shape index (κ3) is 2.27. The van der Waals surface area contributed by atoms with Crippen LogP contribution in [0.1, 0.15) is 30.1 Å². The Morgan fingerprint density at radius 1 is 1.11 bits per heavy atom. The molecule has 2 atom stereocenters. The van der Waals surface area contributed by atoms with Crippen LogP contribution in [0.25, 0.3) is 0 Å². The summed E-state index contributed by atoms with van der Waals surface area (Å²) >= 11 is 0. The highest BCUT2D eigenvalue weighted by Crippen LogP contribution is 2.47. The van der Waals surface area contributed by atoms with Gasteiger partial charge in [0.1, 0.15) is 29.1 Å². The van der Waals surface area contributed by atoms with E-state index in [0.29, 0.717) is 24.4 Å². The number of nitrogens with zero attached hydrogens (tertiary/aromatic N) is 4. The number of hydrogen-bond donors (Lipinski definition) is 2. The molecule has 1 aromatic heterocycles. The smallest absolute Gasteiger partial charge is 0.282 e. The van der Waals surface area contributed by atoms with E-state index in [-0.39, 0.29) is 17.9 Å². The number of hydrogen-bond acceptors (Lipinski definition) is 6. The topological polar surface area (TPSA) is 78.0 Å². The Hall–Kier alpha value is -2.13. The van der Waals surface area contributed by atoms with Gasteiger partial charge in [-0.15, -0.1) is 0 Å². The molecular formula is C18H25F2N5O2. The van der Waals surface area contributed by atoms with E-state index < -0.39 is 35.5 Å². The van der Waals surface area contributed by atoms with Crippen LogP contribution in [0.3, 0.4) is 0 Å². The molecule has 148 valence electrons. The summed E-state index contributed by atoms with van der Waals surface area (Å²) in [6.45, 7) is 0.861. The van der Waals surface area contributed by atoms with E-state index in [1.54, 1.807) is 35.5 Å². The van der Waals surface area contributed by atoms with E-state index in [1.165, 1.54) is 0 Å². The Labute approximate surface area is 156 Å². The standard InChI is InChI=1S/C18H25F2N5O2/c1-22-7-5-9(21)10-13(26)11-14(27)12-17(23(2)8-6-18(12,19)20)25(4)16(11)24(3)15(10)22/h9,13,26H,5-8,21H2,1-4H3. The molecule has 27 heavy (non-hydrogen) atoms. The highest BCUT2D eigenvalue weighted by atomic mass is 19.3. The summed E-state index contributed by atoms with van der Waals surface area (Å²) in [6.07, 6.45) is -1.09. The monoisotopic (exact) mass is 381 g/mol. The summed E-state index contributed by atoms with van der Waals surface area (Å²) < 4.78 is 31.0. The number of halogens is 2. The lowest BCUT2D eigenvalue weighted by Crippen LogP contribution is -2.50. The second-order valence-corrected chi connectivity index (χ2v) is 7.76. The molecule has 3 aliphatic rings. The van der Waals surface area contributed by atoms with Crippen LogP contribution in [0.4, 0.5) is 20.4 Å². The molecule has 0 fully saturated rings. The quantitative estimate of drug-likeness (QED) is 0.688. The summed E-state index contributed by atoms with van der Waals surface area (Å²) in [7, 11) is 7.03. The van der Waals surface area contributed by atoms with Crippen LogP contribution in [-0.4, -0.2) is 54.8 Å². The molecule has 0 radical (unpaired) electrons. The minimum atomic E-state index is -3.23. The molecule has 0 spiro atoms. The first-order valence-electron chi connectivity index (χ1n) is 9.06. The number of aliphatic hydroxyl groups is 1. The summed E-state index contributed by atoms with van der Waals surface area (Å²) in [4.78, 5) is 18.7. The van der Waals surface area contributed by atoms with Gasteiger partial charge in [0.25, 0.3) is 5.92 Å². The van der Waals surface area contributed by atoms with Crippen molar-refractivity contribution in [3.8, 4) is 0 Å². The van der Waals surface area contributed by atoms with Gasteiger partial charge in [0.05, 0.1) is 5.56 Å². The van der Waals surface area contributed by atoms with Crippen LogP contribution in [0, 0.1) is 0 Å². The molecule has 4 heterocycles. The lowest BCUT2D eigenvalue weighted by Gasteiger charge is -2.46. The molecule has 0 bridgehead atoms. The van der Waals surface area contributed by atoms with Crippen LogP contribution >= 0.6 is 0 Å². The van der Waals surface area contributed by atoms with Crippen molar-refractivity contribution in [1.82, 2.24) is 9.47 Å². The van der Waals surface area contributed by atoms with Crippen molar-refractivity contribution in [2.75, 3.05) is 44.0 Å². The fraction of sp³-hybridized carbons (Fsp3) is 0.611. The second kappa shape index (κ2) is 5.68. The molecule has 9 heteroatoms. The largest absolute Gasteiger partial charge is 0.383 e. The summed E-state index contributed by atoms with van der Waals surface area (Å²) in [5.74, 6) is -1.88. The first-order valence-corrected chi connectivity index (χ1v) is 9.06. The van der Waals surface area contributed by atoms with Crippen LogP contribution in [0.15, 0.2) is 16.2 Å². The highest BCUT2D eigenvalue weighted by Gasteiger charge is 2.47. The molecular weight excluding hydrogens is 356 g/mol. The molecule has 1 aromatic rings. The molecule has 3 aliphatic heterocycles. The van der Waals surface area contributed by atoms with Gasteiger partial charge in [-0.25, -0.2) is 8.78 Å². The zero-order valence-corrected chi connectivity index (χ0v) is 16.0. The average Bonchev–Trinajstić information content (AvgIpc) is 2.59. The van der Waals surface area contributed by atoms with Crippen molar-refractivity contribution in [3.05, 3.63) is 32.7 Å². The van der Waals surface area contributed by atoms with E-state index >= 15 is 0 Å². The number of alkyl halides is 2. The van der Waals surface area contributed by atoms with Gasteiger partial charge < -0.3 is 30.1 Å². The van der Waals surface area contributed by atoms with Gasteiger partial charge >= 0.3 is 0 Å². The van der Waals surface area contributed by atoms with Gasteiger partial charge in [-0.2, -0.15) is 0 Å². The second-order valence-electron chi connectivity index (χ2n) is 7.76. The summed E-state index contributed by atoms with van der Waals surface area (Å²) in [5, 5.41) is 11.0. The van der Waals surface area contributed by atoms with Crippen LogP contribution in [0.2, 0.25) is 0 Å². The van der Waals surface area contributed by atoms with Gasteiger partial charge in [-0.3, -0.25) is 4.79 Å². The minimum Gasteiger partial charge on any atom is -0.383 e. The minimum absolute atomic E-state index is 0.0155. The average molecular weight is 381 g/mol. The van der Waals surface area contributed by atoms with Crippen molar-refractivity contribution < 1.29 is 13.9 Å². The number of fused-ring (bicyclic) bond motifs is 2. The molecule has 0 saturated heterocycles. The Morgan fingerprint density at radius 3 is 2.44 bits per heavy atom. The van der Waals surface area contributed by atoms with Gasteiger partial charge in [-0.1, -0.05) is 0 Å². The Bertz CT molecular complexity index is 910. The Balaban J connectivity index is 2.07. The molecule has 0 amide bonds. The maximum absolute atomic E-state index is 14.7. The van der Waals surface area contributed by atoms with Gasteiger partial charge in [0.2, 0.25) is 5.43 Å². The van der Waals surface area contributed by atoms with E-state index in [4.69, 9.17) is 5.73 Å². The van der Waals surface area contributed by atoms with Crippen molar-refractivity contribution in [3.63, 3.8) is 0 Å². The molecule has 2 unspecified atom stereocenters. The van der Waals surface area contributed by atoms with Crippen molar-refractivity contribution in [2.24, 2.45) is 12.8 Å². The van der Waals surface area contributed by atoms with E-state index in [2.05, 4.69) is 0 Å². The first-order chi connectivity index (χ1) is 12.6. The zero-order chi connectivity index (χ0) is 19.8. The predicted molar refractivity (Wildman–Crippen MR) is 99.1 cm³/mol. The van der Waals surface area contributed by atoms with Crippen LogP contribution in [0.5, 0.6) is 0 Å². The highest BCUT2D eigenvalue weighted by molar-refractivity contribution is 5.68. The fourth-order valence-electron chi connectivity index (χ4n) is 4.77.